The van der Waals surface area contributed by atoms with Crippen molar-refractivity contribution in [2.24, 2.45) is 0 Å². The molecule has 0 saturated carbocycles. The zero-order valence-corrected chi connectivity index (χ0v) is 17.7. The highest BCUT2D eigenvalue weighted by Gasteiger charge is 2.51. The second kappa shape index (κ2) is 8.50. The van der Waals surface area contributed by atoms with Crippen molar-refractivity contribution in [2.45, 2.75) is 24.9 Å². The number of anilines is 1. The van der Waals surface area contributed by atoms with Gasteiger partial charge in [-0.1, -0.05) is 55.1 Å². The molecule has 3 aliphatic heterocycles. The number of quaternary nitrogens is 1. The lowest BCUT2D eigenvalue weighted by Crippen LogP contribution is -3.00. The molecule has 0 aromatic heterocycles. The first-order valence-electron chi connectivity index (χ1n) is 9.74. The Bertz CT molecular complexity index is 813. The van der Waals surface area contributed by atoms with Gasteiger partial charge >= 0.3 is 6.09 Å². The van der Waals surface area contributed by atoms with Crippen molar-refractivity contribution < 1.29 is 31.0 Å². The van der Waals surface area contributed by atoms with Gasteiger partial charge in [0.15, 0.2) is 0 Å². The number of benzene rings is 2. The number of amides is 1. The molecule has 3 fully saturated rings. The summed E-state index contributed by atoms with van der Waals surface area (Å²) in [5.41, 5.74) is 2.57. The monoisotopic (exact) mass is 442 g/mol. The first kappa shape index (κ1) is 20.6. The highest BCUT2D eigenvalue weighted by atomic mass is 79.9. The smallest absolute Gasteiger partial charge is 0.412 e. The topological polar surface area (TPSA) is 38.3 Å². The van der Waals surface area contributed by atoms with Crippen LogP contribution in [-0.4, -0.2) is 42.4 Å². The maximum Gasteiger partial charge on any atom is 0.412 e. The minimum Gasteiger partial charge on any atom is -1.00 e. The highest BCUT2D eigenvalue weighted by Crippen LogP contribution is 2.40. The van der Waals surface area contributed by atoms with Crippen LogP contribution < -0.4 is 22.3 Å². The van der Waals surface area contributed by atoms with Crippen LogP contribution in [0.2, 0.25) is 0 Å². The Morgan fingerprint density at radius 2 is 1.64 bits per heavy atom. The molecule has 2 aromatic rings. The summed E-state index contributed by atoms with van der Waals surface area (Å²) in [5.74, 6) is 0. The van der Waals surface area contributed by atoms with Gasteiger partial charge in [-0.05, 0) is 17.7 Å². The van der Waals surface area contributed by atoms with Gasteiger partial charge in [0.1, 0.15) is 5.60 Å². The Hall–Kier alpha value is -2.11. The molecule has 3 aliphatic rings. The van der Waals surface area contributed by atoms with Gasteiger partial charge in [0, 0.05) is 24.8 Å². The minimum absolute atomic E-state index is 0. The van der Waals surface area contributed by atoms with Gasteiger partial charge in [0.25, 0.3) is 0 Å². The van der Waals surface area contributed by atoms with E-state index in [1.807, 2.05) is 60.7 Å². The van der Waals surface area contributed by atoms with Crippen molar-refractivity contribution in [1.29, 1.82) is 0 Å². The van der Waals surface area contributed by atoms with Crippen molar-refractivity contribution in [3.8, 4) is 11.1 Å². The quantitative estimate of drug-likeness (QED) is 0.566. The number of carbonyl (C=O) groups is 1. The van der Waals surface area contributed by atoms with Gasteiger partial charge in [0.2, 0.25) is 0 Å². The number of hydrogen-bond donors (Lipinski definition) is 1. The molecule has 0 aliphatic carbocycles. The van der Waals surface area contributed by atoms with E-state index in [9.17, 15) is 4.79 Å². The molecule has 28 heavy (non-hydrogen) atoms. The fourth-order valence-electron chi connectivity index (χ4n) is 4.53. The van der Waals surface area contributed by atoms with Gasteiger partial charge in [-0.3, -0.25) is 5.32 Å². The summed E-state index contributed by atoms with van der Waals surface area (Å²) in [6, 6.07) is 17.9. The lowest BCUT2D eigenvalue weighted by Gasteiger charge is -2.53. The van der Waals surface area contributed by atoms with E-state index < -0.39 is 0 Å². The number of piperidine rings is 3. The molecule has 5 rings (SSSR count). The SMILES string of the molecule is C=CC[N+]12CCC(OC(=O)Nc3ccccc3-c3ccccc3)(CC1)CC2.[Br-]. The van der Waals surface area contributed by atoms with Crippen molar-refractivity contribution in [3.05, 3.63) is 67.3 Å². The van der Waals surface area contributed by atoms with E-state index in [1.165, 1.54) is 0 Å². The summed E-state index contributed by atoms with van der Waals surface area (Å²) in [7, 11) is 0. The summed E-state index contributed by atoms with van der Waals surface area (Å²) >= 11 is 0. The van der Waals surface area contributed by atoms with E-state index >= 15 is 0 Å². The van der Waals surface area contributed by atoms with E-state index in [4.69, 9.17) is 4.74 Å². The van der Waals surface area contributed by atoms with Gasteiger partial charge in [-0.2, -0.15) is 0 Å². The Morgan fingerprint density at radius 1 is 1.04 bits per heavy atom. The first-order valence-corrected chi connectivity index (χ1v) is 9.74. The Kier molecular flexibility index (Phi) is 6.26. The molecule has 0 spiro atoms. The number of nitrogens with one attached hydrogen (secondary N) is 1. The molecule has 4 nitrogen and oxygen atoms in total. The third-order valence-electron chi connectivity index (χ3n) is 6.20. The predicted octanol–water partition coefficient (Wildman–Crippen LogP) is 1.85. The maximum atomic E-state index is 12.7. The van der Waals surface area contributed by atoms with Crippen LogP contribution in [0.1, 0.15) is 19.3 Å². The number of para-hydroxylation sites is 1. The van der Waals surface area contributed by atoms with Crippen LogP contribution in [0.25, 0.3) is 11.1 Å². The summed E-state index contributed by atoms with van der Waals surface area (Å²) in [6.07, 6.45) is 4.49. The predicted molar refractivity (Wildman–Crippen MR) is 108 cm³/mol. The normalized spacial score (nSPS) is 25.4. The summed E-state index contributed by atoms with van der Waals surface area (Å²) in [6.45, 7) is 8.13. The number of ether oxygens (including phenoxy) is 1. The molecule has 3 saturated heterocycles. The van der Waals surface area contributed by atoms with E-state index in [0.717, 1.165) is 66.7 Å². The third-order valence-corrected chi connectivity index (χ3v) is 6.20. The average molecular weight is 443 g/mol. The Labute approximate surface area is 177 Å². The van der Waals surface area contributed by atoms with Gasteiger partial charge in [-0.15, -0.1) is 0 Å². The van der Waals surface area contributed by atoms with E-state index in [0.29, 0.717) is 0 Å². The standard InChI is InChI=1S/C23H26N2O2.BrH/c1-2-15-25-16-12-23(13-17-25,14-18-25)27-22(26)24-21-11-7-6-10-20(21)19-8-4-3-5-9-19;/h2-11H,1,12-18H2;1H. The van der Waals surface area contributed by atoms with Crippen LogP contribution >= 0.6 is 0 Å². The van der Waals surface area contributed by atoms with Crippen LogP contribution in [0.5, 0.6) is 0 Å². The van der Waals surface area contributed by atoms with Crippen LogP contribution in [0.15, 0.2) is 67.3 Å². The van der Waals surface area contributed by atoms with E-state index in [1.54, 1.807) is 0 Å². The second-order valence-corrected chi connectivity index (χ2v) is 7.84. The Morgan fingerprint density at radius 3 is 2.29 bits per heavy atom. The molecular formula is C23H27BrN2O2. The van der Waals surface area contributed by atoms with Crippen molar-refractivity contribution in [1.82, 2.24) is 0 Å². The largest absolute Gasteiger partial charge is 1.00 e. The molecule has 1 N–H and O–H groups in total. The number of halogens is 1. The number of fused-ring (bicyclic) bond motifs is 3. The van der Waals surface area contributed by atoms with Gasteiger partial charge in [0.05, 0.1) is 31.9 Å². The zero-order valence-electron chi connectivity index (χ0n) is 16.1. The summed E-state index contributed by atoms with van der Waals surface area (Å²) in [5, 5.41) is 2.98. The molecule has 2 aromatic carbocycles. The average Bonchev–Trinajstić information content (AvgIpc) is 2.70. The van der Waals surface area contributed by atoms with Crippen LogP contribution in [0, 0.1) is 0 Å². The third kappa shape index (κ3) is 4.15. The van der Waals surface area contributed by atoms with Crippen molar-refractivity contribution in [3.63, 3.8) is 0 Å². The van der Waals surface area contributed by atoms with Crippen LogP contribution in [0.3, 0.4) is 0 Å². The highest BCUT2D eigenvalue weighted by molar-refractivity contribution is 5.91. The molecule has 1 amide bonds. The minimum atomic E-state index is -0.344. The summed E-state index contributed by atoms with van der Waals surface area (Å²) < 4.78 is 7.10. The fraction of sp³-hybridized carbons (Fsp3) is 0.348. The van der Waals surface area contributed by atoms with Gasteiger partial charge in [-0.25, -0.2) is 4.79 Å². The molecule has 0 unspecified atom stereocenters. The first-order chi connectivity index (χ1) is 13.1. The number of rotatable bonds is 5. The number of hydrogen-bond acceptors (Lipinski definition) is 2. The molecule has 3 heterocycles. The van der Waals surface area contributed by atoms with Crippen LogP contribution in [0.4, 0.5) is 10.5 Å². The van der Waals surface area contributed by atoms with Crippen molar-refractivity contribution in [2.75, 3.05) is 31.5 Å². The van der Waals surface area contributed by atoms with E-state index in [2.05, 4.69) is 11.9 Å². The molecular weight excluding hydrogens is 416 g/mol. The molecule has 148 valence electrons. The number of nitrogens with zero attached hydrogens (tertiary/aromatic N) is 1. The molecule has 0 atom stereocenters. The fourth-order valence-corrected chi connectivity index (χ4v) is 4.53. The van der Waals surface area contributed by atoms with Gasteiger partial charge < -0.3 is 26.2 Å². The lowest BCUT2D eigenvalue weighted by molar-refractivity contribution is -0.939. The van der Waals surface area contributed by atoms with Crippen molar-refractivity contribution >= 4 is 11.8 Å². The molecule has 2 bridgehead atoms. The molecule has 0 radical (unpaired) electrons. The van der Waals surface area contributed by atoms with E-state index in [-0.39, 0.29) is 28.7 Å². The second-order valence-electron chi connectivity index (χ2n) is 7.84. The van der Waals surface area contributed by atoms with Crippen LogP contribution in [-0.2, 0) is 4.74 Å². The summed E-state index contributed by atoms with van der Waals surface area (Å²) in [4.78, 5) is 12.7. The maximum absolute atomic E-state index is 12.7. The molecule has 5 heteroatoms. The Balaban J connectivity index is 0.00000225. The zero-order chi connectivity index (χ0) is 18.7. The lowest BCUT2D eigenvalue weighted by atomic mass is 9.81. The number of carbonyl (C=O) groups excluding carboxylic acids is 1.